The van der Waals surface area contributed by atoms with Crippen molar-refractivity contribution in [1.29, 1.82) is 0 Å². The van der Waals surface area contributed by atoms with E-state index in [2.05, 4.69) is 4.99 Å². The number of aliphatic imine (C=N–C) groups is 1. The molecule has 0 saturated carbocycles. The summed E-state index contributed by atoms with van der Waals surface area (Å²) < 4.78 is 5.76. The predicted molar refractivity (Wildman–Crippen MR) is 86.1 cm³/mol. The van der Waals surface area contributed by atoms with Gasteiger partial charge in [-0.2, -0.15) is 0 Å². The molecule has 0 saturated heterocycles. The molecule has 0 radical (unpaired) electrons. The van der Waals surface area contributed by atoms with Gasteiger partial charge in [-0.25, -0.2) is 0 Å². The molecule has 1 heterocycles. The van der Waals surface area contributed by atoms with Crippen molar-refractivity contribution in [2.45, 2.75) is 6.61 Å². The molecule has 102 valence electrons. The highest BCUT2D eigenvalue weighted by atomic mass is 35.5. The van der Waals surface area contributed by atoms with E-state index in [1.54, 1.807) is 11.8 Å². The SMILES string of the molecule is Clc1cc(C2=NCCS2)ccc1OCc1ccccc1. The zero-order chi connectivity index (χ0) is 13.8. The first-order chi connectivity index (χ1) is 9.83. The van der Waals surface area contributed by atoms with E-state index in [0.29, 0.717) is 17.4 Å². The molecule has 0 unspecified atom stereocenters. The molecule has 2 aromatic rings. The van der Waals surface area contributed by atoms with Crippen LogP contribution >= 0.6 is 23.4 Å². The van der Waals surface area contributed by atoms with Gasteiger partial charge in [0.2, 0.25) is 0 Å². The topological polar surface area (TPSA) is 21.6 Å². The number of benzene rings is 2. The molecule has 0 N–H and O–H groups in total. The van der Waals surface area contributed by atoms with Gasteiger partial charge in [0.1, 0.15) is 12.4 Å². The first-order valence-electron chi connectivity index (χ1n) is 6.47. The Hall–Kier alpha value is -1.45. The second kappa shape index (κ2) is 6.33. The number of halogens is 1. The molecule has 0 atom stereocenters. The Labute approximate surface area is 127 Å². The largest absolute Gasteiger partial charge is 0.487 e. The van der Waals surface area contributed by atoms with Crippen LogP contribution in [0.25, 0.3) is 0 Å². The van der Waals surface area contributed by atoms with Gasteiger partial charge in [-0.3, -0.25) is 4.99 Å². The Bertz CT molecular complexity index is 628. The van der Waals surface area contributed by atoms with Gasteiger partial charge in [0.05, 0.1) is 10.1 Å². The van der Waals surface area contributed by atoms with Crippen molar-refractivity contribution in [3.05, 3.63) is 64.7 Å². The Balaban J connectivity index is 1.71. The van der Waals surface area contributed by atoms with Crippen molar-refractivity contribution < 1.29 is 4.74 Å². The van der Waals surface area contributed by atoms with Crippen LogP contribution in [-0.4, -0.2) is 17.3 Å². The zero-order valence-corrected chi connectivity index (χ0v) is 12.5. The summed E-state index contributed by atoms with van der Waals surface area (Å²) in [7, 11) is 0. The summed E-state index contributed by atoms with van der Waals surface area (Å²) in [4.78, 5) is 4.45. The highest BCUT2D eigenvalue weighted by molar-refractivity contribution is 8.14. The zero-order valence-electron chi connectivity index (χ0n) is 10.9. The van der Waals surface area contributed by atoms with Crippen LogP contribution in [0.3, 0.4) is 0 Å². The van der Waals surface area contributed by atoms with Gasteiger partial charge in [0.25, 0.3) is 0 Å². The van der Waals surface area contributed by atoms with Crippen LogP contribution in [0.5, 0.6) is 5.75 Å². The van der Waals surface area contributed by atoms with E-state index in [1.165, 1.54) is 0 Å². The van der Waals surface area contributed by atoms with Crippen LogP contribution in [0.1, 0.15) is 11.1 Å². The minimum Gasteiger partial charge on any atom is -0.487 e. The van der Waals surface area contributed by atoms with Gasteiger partial charge in [-0.05, 0) is 23.8 Å². The van der Waals surface area contributed by atoms with Gasteiger partial charge in [-0.1, -0.05) is 41.9 Å². The Morgan fingerprint density at radius 2 is 2.00 bits per heavy atom. The summed E-state index contributed by atoms with van der Waals surface area (Å²) in [5, 5.41) is 1.70. The van der Waals surface area contributed by atoms with Gasteiger partial charge in [0.15, 0.2) is 0 Å². The lowest BCUT2D eigenvalue weighted by Crippen LogP contribution is -1.97. The Kier molecular flexibility index (Phi) is 4.28. The summed E-state index contributed by atoms with van der Waals surface area (Å²) in [6, 6.07) is 15.9. The molecule has 1 aliphatic rings. The summed E-state index contributed by atoms with van der Waals surface area (Å²) in [6.45, 7) is 1.42. The van der Waals surface area contributed by atoms with Crippen LogP contribution in [0.15, 0.2) is 53.5 Å². The minimum atomic E-state index is 0.523. The highest BCUT2D eigenvalue weighted by Gasteiger charge is 2.12. The normalized spacial score (nSPS) is 14.2. The molecule has 0 aromatic heterocycles. The number of hydrogen-bond acceptors (Lipinski definition) is 3. The number of ether oxygens (including phenoxy) is 1. The fourth-order valence-electron chi connectivity index (χ4n) is 2.00. The predicted octanol–water partition coefficient (Wildman–Crippen LogP) is 4.41. The standard InChI is InChI=1S/C16H14ClNOS/c17-14-10-13(16-18-8-9-20-16)6-7-15(14)19-11-12-4-2-1-3-5-12/h1-7,10H,8-9,11H2. The van der Waals surface area contributed by atoms with Gasteiger partial charge in [0, 0.05) is 17.9 Å². The van der Waals surface area contributed by atoms with Gasteiger partial charge in [-0.15, -0.1) is 11.8 Å². The molecule has 2 nitrogen and oxygen atoms in total. The first-order valence-corrected chi connectivity index (χ1v) is 7.83. The second-order valence-corrected chi connectivity index (χ2v) is 5.95. The number of hydrogen-bond donors (Lipinski definition) is 0. The van der Waals surface area contributed by atoms with Gasteiger partial charge < -0.3 is 4.74 Å². The highest BCUT2D eigenvalue weighted by Crippen LogP contribution is 2.29. The van der Waals surface area contributed by atoms with Crippen LogP contribution in [0.4, 0.5) is 0 Å². The third-order valence-corrected chi connectivity index (χ3v) is 4.32. The summed E-state index contributed by atoms with van der Waals surface area (Å²) in [5.41, 5.74) is 2.20. The first kappa shape index (κ1) is 13.5. The lowest BCUT2D eigenvalue weighted by atomic mass is 10.2. The quantitative estimate of drug-likeness (QED) is 0.834. The molecule has 0 bridgehead atoms. The van der Waals surface area contributed by atoms with E-state index in [9.17, 15) is 0 Å². The van der Waals surface area contributed by atoms with E-state index >= 15 is 0 Å². The maximum Gasteiger partial charge on any atom is 0.138 e. The molecule has 0 spiro atoms. The third kappa shape index (κ3) is 3.17. The van der Waals surface area contributed by atoms with E-state index in [4.69, 9.17) is 16.3 Å². The van der Waals surface area contributed by atoms with E-state index in [1.807, 2.05) is 48.5 Å². The van der Waals surface area contributed by atoms with Crippen LogP contribution in [0.2, 0.25) is 5.02 Å². The number of nitrogens with zero attached hydrogens (tertiary/aromatic N) is 1. The molecule has 3 rings (SSSR count). The van der Waals surface area contributed by atoms with Crippen molar-refractivity contribution in [2.24, 2.45) is 4.99 Å². The molecular weight excluding hydrogens is 290 g/mol. The van der Waals surface area contributed by atoms with Gasteiger partial charge >= 0.3 is 0 Å². The molecule has 4 heteroatoms. The molecule has 1 aliphatic heterocycles. The maximum atomic E-state index is 6.28. The molecule has 20 heavy (non-hydrogen) atoms. The van der Waals surface area contributed by atoms with Crippen LogP contribution < -0.4 is 4.74 Å². The van der Waals surface area contributed by atoms with Crippen molar-refractivity contribution in [3.8, 4) is 5.75 Å². The van der Waals surface area contributed by atoms with Crippen LogP contribution in [0, 0.1) is 0 Å². The maximum absolute atomic E-state index is 6.28. The average Bonchev–Trinajstić information content (AvgIpc) is 3.01. The lowest BCUT2D eigenvalue weighted by Gasteiger charge is -2.09. The van der Waals surface area contributed by atoms with E-state index < -0.39 is 0 Å². The molecule has 0 amide bonds. The minimum absolute atomic E-state index is 0.523. The Morgan fingerprint density at radius 1 is 1.15 bits per heavy atom. The average molecular weight is 304 g/mol. The summed E-state index contributed by atoms with van der Waals surface area (Å²) in [6.07, 6.45) is 0. The number of thioether (sulfide) groups is 1. The third-order valence-electron chi connectivity index (χ3n) is 3.00. The smallest absolute Gasteiger partial charge is 0.138 e. The molecule has 0 fully saturated rings. The van der Waals surface area contributed by atoms with Crippen molar-refractivity contribution in [3.63, 3.8) is 0 Å². The van der Waals surface area contributed by atoms with Crippen LogP contribution in [-0.2, 0) is 6.61 Å². The molecular formula is C16H14ClNOS. The summed E-state index contributed by atoms with van der Waals surface area (Å²) >= 11 is 8.06. The van der Waals surface area contributed by atoms with Crippen molar-refractivity contribution >= 4 is 28.4 Å². The monoisotopic (exact) mass is 303 g/mol. The summed E-state index contributed by atoms with van der Waals surface area (Å²) in [5.74, 6) is 1.77. The van der Waals surface area contributed by atoms with Crippen molar-refractivity contribution in [1.82, 2.24) is 0 Å². The molecule has 0 aliphatic carbocycles. The van der Waals surface area contributed by atoms with E-state index in [-0.39, 0.29) is 0 Å². The van der Waals surface area contributed by atoms with E-state index in [0.717, 1.165) is 28.5 Å². The lowest BCUT2D eigenvalue weighted by molar-refractivity contribution is 0.306. The van der Waals surface area contributed by atoms with Crippen molar-refractivity contribution in [2.75, 3.05) is 12.3 Å². The molecule has 2 aromatic carbocycles. The fraction of sp³-hybridized carbons (Fsp3) is 0.188. The number of rotatable bonds is 4. The fourth-order valence-corrected chi connectivity index (χ4v) is 3.08. The Morgan fingerprint density at radius 3 is 2.70 bits per heavy atom. The second-order valence-electron chi connectivity index (χ2n) is 4.45.